The fourth-order valence-corrected chi connectivity index (χ4v) is 1.69. The van der Waals surface area contributed by atoms with Crippen LogP contribution in [0.1, 0.15) is 20.3 Å². The summed E-state index contributed by atoms with van der Waals surface area (Å²) in [6, 6.07) is 0. The predicted octanol–water partition coefficient (Wildman–Crippen LogP) is 0.428. The number of hydrogen-bond donors (Lipinski definition) is 2. The first-order valence-corrected chi connectivity index (χ1v) is 4.22. The summed E-state index contributed by atoms with van der Waals surface area (Å²) in [6.07, 6.45) is 1.39. The highest BCUT2D eigenvalue weighted by Crippen LogP contribution is 2.27. The van der Waals surface area contributed by atoms with Crippen molar-refractivity contribution in [3.05, 3.63) is 12.7 Å². The van der Waals surface area contributed by atoms with Crippen LogP contribution in [-0.4, -0.2) is 29.0 Å². The highest BCUT2D eigenvalue weighted by atomic mass is 16.5. The molecular formula is C9H17NO2. The van der Waals surface area contributed by atoms with Gasteiger partial charge in [-0.2, -0.15) is 0 Å². The van der Waals surface area contributed by atoms with Crippen LogP contribution < -0.4 is 5.73 Å². The Balaban J connectivity index is 2.75. The largest absolute Gasteiger partial charge is 0.388 e. The Morgan fingerprint density at radius 3 is 2.83 bits per heavy atom. The van der Waals surface area contributed by atoms with Gasteiger partial charge in [-0.15, -0.1) is 6.58 Å². The summed E-state index contributed by atoms with van der Waals surface area (Å²) in [6.45, 7) is 7.39. The zero-order valence-electron chi connectivity index (χ0n) is 7.66. The SMILES string of the molecule is C=CC1OC(C)CC(C)(N)C1O. The van der Waals surface area contributed by atoms with E-state index in [1.165, 1.54) is 0 Å². The van der Waals surface area contributed by atoms with E-state index < -0.39 is 11.6 Å². The van der Waals surface area contributed by atoms with Crippen molar-refractivity contribution in [2.75, 3.05) is 0 Å². The summed E-state index contributed by atoms with van der Waals surface area (Å²) in [5.74, 6) is 0. The number of hydrogen-bond acceptors (Lipinski definition) is 3. The van der Waals surface area contributed by atoms with E-state index in [-0.39, 0.29) is 12.2 Å². The second-order valence-electron chi connectivity index (χ2n) is 3.80. The Bertz CT molecular complexity index is 179. The van der Waals surface area contributed by atoms with Gasteiger partial charge in [-0.3, -0.25) is 0 Å². The Kier molecular flexibility index (Phi) is 2.56. The molecular weight excluding hydrogens is 154 g/mol. The van der Waals surface area contributed by atoms with Crippen molar-refractivity contribution < 1.29 is 9.84 Å². The lowest BCUT2D eigenvalue weighted by atomic mass is 9.84. The molecule has 1 fully saturated rings. The molecule has 1 heterocycles. The average Bonchev–Trinajstić information content (AvgIpc) is 1.96. The molecule has 0 aliphatic carbocycles. The molecule has 4 atom stereocenters. The van der Waals surface area contributed by atoms with Gasteiger partial charge in [0.15, 0.2) is 0 Å². The van der Waals surface area contributed by atoms with Crippen LogP contribution in [0.15, 0.2) is 12.7 Å². The molecule has 0 saturated carbocycles. The van der Waals surface area contributed by atoms with E-state index in [1.54, 1.807) is 6.08 Å². The first-order valence-electron chi connectivity index (χ1n) is 4.22. The molecule has 0 aromatic rings. The molecule has 3 N–H and O–H groups in total. The van der Waals surface area contributed by atoms with Gasteiger partial charge < -0.3 is 15.6 Å². The molecule has 1 aliphatic rings. The molecule has 1 saturated heterocycles. The van der Waals surface area contributed by atoms with E-state index in [4.69, 9.17) is 10.5 Å². The van der Waals surface area contributed by atoms with Crippen LogP contribution in [0.3, 0.4) is 0 Å². The van der Waals surface area contributed by atoms with Gasteiger partial charge in [0.2, 0.25) is 0 Å². The van der Waals surface area contributed by atoms with E-state index in [2.05, 4.69) is 6.58 Å². The third-order valence-corrected chi connectivity index (χ3v) is 2.34. The summed E-state index contributed by atoms with van der Waals surface area (Å²) in [5.41, 5.74) is 5.34. The van der Waals surface area contributed by atoms with E-state index >= 15 is 0 Å². The van der Waals surface area contributed by atoms with Crippen LogP contribution in [-0.2, 0) is 4.74 Å². The molecule has 12 heavy (non-hydrogen) atoms. The minimum Gasteiger partial charge on any atom is -0.388 e. The molecule has 0 radical (unpaired) electrons. The molecule has 70 valence electrons. The maximum Gasteiger partial charge on any atom is 0.103 e. The van der Waals surface area contributed by atoms with Crippen LogP contribution in [0, 0.1) is 0 Å². The van der Waals surface area contributed by atoms with E-state index in [9.17, 15) is 5.11 Å². The minimum absolute atomic E-state index is 0.0893. The zero-order chi connectivity index (χ0) is 9.35. The molecule has 3 heteroatoms. The van der Waals surface area contributed by atoms with Gasteiger partial charge in [-0.25, -0.2) is 0 Å². The second kappa shape index (κ2) is 3.17. The monoisotopic (exact) mass is 171 g/mol. The summed E-state index contributed by atoms with van der Waals surface area (Å²) >= 11 is 0. The van der Waals surface area contributed by atoms with Gasteiger partial charge in [-0.05, 0) is 20.3 Å². The topological polar surface area (TPSA) is 55.5 Å². The minimum atomic E-state index is -0.647. The quantitative estimate of drug-likeness (QED) is 0.562. The highest BCUT2D eigenvalue weighted by molar-refractivity contribution is 5.02. The number of ether oxygens (including phenoxy) is 1. The Labute approximate surface area is 73.2 Å². The Morgan fingerprint density at radius 2 is 2.33 bits per heavy atom. The van der Waals surface area contributed by atoms with Crippen molar-refractivity contribution in [2.24, 2.45) is 5.73 Å². The third kappa shape index (κ3) is 1.68. The van der Waals surface area contributed by atoms with Crippen LogP contribution in [0.25, 0.3) is 0 Å². The van der Waals surface area contributed by atoms with Crippen molar-refractivity contribution in [3.8, 4) is 0 Å². The van der Waals surface area contributed by atoms with E-state index in [0.29, 0.717) is 6.42 Å². The van der Waals surface area contributed by atoms with E-state index in [1.807, 2.05) is 13.8 Å². The van der Waals surface area contributed by atoms with Crippen LogP contribution in [0.4, 0.5) is 0 Å². The van der Waals surface area contributed by atoms with Crippen molar-refractivity contribution >= 4 is 0 Å². The average molecular weight is 171 g/mol. The number of nitrogens with two attached hydrogens (primary N) is 1. The maximum absolute atomic E-state index is 9.69. The maximum atomic E-state index is 9.69. The lowest BCUT2D eigenvalue weighted by Gasteiger charge is -2.42. The Hall–Kier alpha value is -0.380. The fraction of sp³-hybridized carbons (Fsp3) is 0.778. The molecule has 0 spiro atoms. The third-order valence-electron chi connectivity index (χ3n) is 2.34. The Morgan fingerprint density at radius 1 is 1.75 bits per heavy atom. The lowest BCUT2D eigenvalue weighted by molar-refractivity contribution is -0.123. The normalized spacial score (nSPS) is 48.8. The lowest BCUT2D eigenvalue weighted by Crippen LogP contribution is -2.59. The molecule has 4 unspecified atom stereocenters. The second-order valence-corrected chi connectivity index (χ2v) is 3.80. The first-order chi connectivity index (χ1) is 5.47. The van der Waals surface area contributed by atoms with Crippen LogP contribution in [0.2, 0.25) is 0 Å². The number of rotatable bonds is 1. The van der Waals surface area contributed by atoms with Crippen molar-refractivity contribution in [1.82, 2.24) is 0 Å². The van der Waals surface area contributed by atoms with E-state index in [0.717, 1.165) is 0 Å². The summed E-state index contributed by atoms with van der Waals surface area (Å²) in [4.78, 5) is 0. The predicted molar refractivity (Wildman–Crippen MR) is 47.7 cm³/mol. The van der Waals surface area contributed by atoms with Crippen molar-refractivity contribution in [1.29, 1.82) is 0 Å². The smallest absolute Gasteiger partial charge is 0.103 e. The van der Waals surface area contributed by atoms with Gasteiger partial charge >= 0.3 is 0 Å². The molecule has 0 aromatic heterocycles. The van der Waals surface area contributed by atoms with Gasteiger partial charge in [0, 0.05) is 5.54 Å². The van der Waals surface area contributed by atoms with Gasteiger partial charge in [0.05, 0.1) is 6.10 Å². The van der Waals surface area contributed by atoms with Gasteiger partial charge in [-0.1, -0.05) is 6.08 Å². The molecule has 0 aromatic carbocycles. The fourth-order valence-electron chi connectivity index (χ4n) is 1.69. The van der Waals surface area contributed by atoms with Crippen molar-refractivity contribution in [3.63, 3.8) is 0 Å². The molecule has 1 aliphatic heterocycles. The standard InChI is InChI=1S/C9H17NO2/c1-4-7-8(11)9(3,10)5-6(2)12-7/h4,6-8,11H,1,5,10H2,2-3H3. The molecule has 0 amide bonds. The van der Waals surface area contributed by atoms with Gasteiger partial charge in [0.25, 0.3) is 0 Å². The first kappa shape index (κ1) is 9.71. The molecule has 3 nitrogen and oxygen atoms in total. The summed E-state index contributed by atoms with van der Waals surface area (Å²) in [5, 5.41) is 9.69. The summed E-state index contributed by atoms with van der Waals surface area (Å²) < 4.78 is 5.44. The number of aliphatic hydroxyl groups excluding tert-OH is 1. The molecule has 1 rings (SSSR count). The highest BCUT2D eigenvalue weighted by Gasteiger charge is 2.40. The zero-order valence-corrected chi connectivity index (χ0v) is 7.66. The van der Waals surface area contributed by atoms with Crippen molar-refractivity contribution in [2.45, 2.75) is 44.1 Å². The van der Waals surface area contributed by atoms with Gasteiger partial charge in [0.1, 0.15) is 12.2 Å². The molecule has 0 bridgehead atoms. The number of aliphatic hydroxyl groups is 1. The summed E-state index contributed by atoms with van der Waals surface area (Å²) in [7, 11) is 0. The van der Waals surface area contributed by atoms with Crippen LogP contribution >= 0.6 is 0 Å². The van der Waals surface area contributed by atoms with Crippen LogP contribution in [0.5, 0.6) is 0 Å².